The van der Waals surface area contributed by atoms with Gasteiger partial charge in [0.15, 0.2) is 0 Å². The SMILES string of the molecule is CN(Cc1ccc(Cl)c(Cl)c1)C(=O)c1ccc(N)cn1. The highest BCUT2D eigenvalue weighted by atomic mass is 35.5. The lowest BCUT2D eigenvalue weighted by Crippen LogP contribution is -2.27. The Bertz CT molecular complexity index is 629. The van der Waals surface area contributed by atoms with E-state index in [4.69, 9.17) is 28.9 Å². The van der Waals surface area contributed by atoms with Gasteiger partial charge in [-0.3, -0.25) is 4.79 Å². The summed E-state index contributed by atoms with van der Waals surface area (Å²) in [7, 11) is 1.70. The first-order valence-electron chi connectivity index (χ1n) is 5.88. The summed E-state index contributed by atoms with van der Waals surface area (Å²) in [6, 6.07) is 8.52. The molecular formula is C14H13Cl2N3O. The van der Waals surface area contributed by atoms with Crippen LogP contribution in [0.25, 0.3) is 0 Å². The van der Waals surface area contributed by atoms with Crippen molar-refractivity contribution < 1.29 is 4.79 Å². The number of carbonyl (C=O) groups is 1. The van der Waals surface area contributed by atoms with E-state index in [1.165, 1.54) is 6.20 Å². The molecule has 0 atom stereocenters. The van der Waals surface area contributed by atoms with Gasteiger partial charge < -0.3 is 10.6 Å². The average Bonchev–Trinajstić information content (AvgIpc) is 2.43. The van der Waals surface area contributed by atoms with Crippen LogP contribution in [0.1, 0.15) is 16.1 Å². The van der Waals surface area contributed by atoms with E-state index >= 15 is 0 Å². The summed E-state index contributed by atoms with van der Waals surface area (Å²) in [5, 5.41) is 0.959. The Morgan fingerprint density at radius 3 is 2.60 bits per heavy atom. The summed E-state index contributed by atoms with van der Waals surface area (Å²) < 4.78 is 0. The molecule has 2 rings (SSSR count). The fourth-order valence-electron chi connectivity index (χ4n) is 1.71. The van der Waals surface area contributed by atoms with Crippen molar-refractivity contribution in [2.75, 3.05) is 12.8 Å². The number of halogens is 2. The molecule has 0 bridgehead atoms. The molecule has 104 valence electrons. The Morgan fingerprint density at radius 1 is 1.25 bits per heavy atom. The zero-order valence-corrected chi connectivity index (χ0v) is 12.3. The highest BCUT2D eigenvalue weighted by Crippen LogP contribution is 2.23. The van der Waals surface area contributed by atoms with Crippen molar-refractivity contribution in [1.82, 2.24) is 9.88 Å². The second-order valence-corrected chi connectivity index (χ2v) is 5.20. The summed E-state index contributed by atoms with van der Waals surface area (Å²) in [4.78, 5) is 17.7. The van der Waals surface area contributed by atoms with Crippen LogP contribution in [-0.4, -0.2) is 22.8 Å². The number of aromatic nitrogens is 1. The first-order chi connectivity index (χ1) is 9.47. The smallest absolute Gasteiger partial charge is 0.272 e. The van der Waals surface area contributed by atoms with E-state index in [9.17, 15) is 4.79 Å². The minimum atomic E-state index is -0.184. The summed E-state index contributed by atoms with van der Waals surface area (Å²) in [5.74, 6) is -0.184. The van der Waals surface area contributed by atoms with Crippen molar-refractivity contribution in [3.8, 4) is 0 Å². The number of pyridine rings is 1. The van der Waals surface area contributed by atoms with Crippen molar-refractivity contribution >= 4 is 34.8 Å². The molecule has 0 unspecified atom stereocenters. The zero-order valence-electron chi connectivity index (χ0n) is 10.8. The van der Waals surface area contributed by atoms with Crippen molar-refractivity contribution in [2.45, 2.75) is 6.54 Å². The molecule has 2 N–H and O–H groups in total. The maximum absolute atomic E-state index is 12.2. The van der Waals surface area contributed by atoms with Gasteiger partial charge in [-0.25, -0.2) is 4.98 Å². The van der Waals surface area contributed by atoms with Crippen molar-refractivity contribution in [1.29, 1.82) is 0 Å². The van der Waals surface area contributed by atoms with Gasteiger partial charge in [-0.15, -0.1) is 0 Å². The van der Waals surface area contributed by atoms with E-state index < -0.39 is 0 Å². The van der Waals surface area contributed by atoms with Crippen LogP contribution in [-0.2, 0) is 6.54 Å². The molecule has 1 amide bonds. The number of carbonyl (C=O) groups excluding carboxylic acids is 1. The maximum atomic E-state index is 12.2. The van der Waals surface area contributed by atoms with Crippen LogP contribution in [0.15, 0.2) is 36.5 Å². The standard InChI is InChI=1S/C14H13Cl2N3O/c1-19(8-9-2-4-11(15)12(16)6-9)14(20)13-5-3-10(17)7-18-13/h2-7H,8,17H2,1H3. The molecule has 6 heteroatoms. The lowest BCUT2D eigenvalue weighted by molar-refractivity contribution is 0.0779. The molecule has 1 heterocycles. The van der Waals surface area contributed by atoms with Gasteiger partial charge >= 0.3 is 0 Å². The Labute approximate surface area is 127 Å². The van der Waals surface area contributed by atoms with Crippen LogP contribution in [0.5, 0.6) is 0 Å². The van der Waals surface area contributed by atoms with Crippen molar-refractivity contribution in [3.63, 3.8) is 0 Å². The van der Waals surface area contributed by atoms with Gasteiger partial charge in [0, 0.05) is 13.6 Å². The largest absolute Gasteiger partial charge is 0.397 e. The van der Waals surface area contributed by atoms with Crippen LogP contribution in [0, 0.1) is 0 Å². The monoisotopic (exact) mass is 309 g/mol. The third-order valence-electron chi connectivity index (χ3n) is 2.76. The second-order valence-electron chi connectivity index (χ2n) is 4.39. The molecule has 2 aromatic rings. The van der Waals surface area contributed by atoms with Crippen LogP contribution in [0.3, 0.4) is 0 Å². The van der Waals surface area contributed by atoms with E-state index in [2.05, 4.69) is 4.98 Å². The highest BCUT2D eigenvalue weighted by Gasteiger charge is 2.13. The number of benzene rings is 1. The number of anilines is 1. The van der Waals surface area contributed by atoms with Gasteiger partial charge in [0.05, 0.1) is 21.9 Å². The normalized spacial score (nSPS) is 10.3. The van der Waals surface area contributed by atoms with E-state index in [0.29, 0.717) is 28.0 Å². The summed E-state index contributed by atoms with van der Waals surface area (Å²) >= 11 is 11.8. The lowest BCUT2D eigenvalue weighted by atomic mass is 10.2. The molecule has 1 aromatic heterocycles. The van der Waals surface area contributed by atoms with Crippen molar-refractivity contribution in [3.05, 3.63) is 57.8 Å². The molecule has 0 saturated carbocycles. The predicted molar refractivity (Wildman–Crippen MR) is 80.9 cm³/mol. The van der Waals surface area contributed by atoms with E-state index in [0.717, 1.165) is 5.56 Å². The quantitative estimate of drug-likeness (QED) is 0.947. The molecular weight excluding hydrogens is 297 g/mol. The maximum Gasteiger partial charge on any atom is 0.272 e. The molecule has 20 heavy (non-hydrogen) atoms. The van der Waals surface area contributed by atoms with Gasteiger partial charge in [-0.2, -0.15) is 0 Å². The zero-order chi connectivity index (χ0) is 14.7. The molecule has 4 nitrogen and oxygen atoms in total. The Hall–Kier alpha value is -1.78. The minimum absolute atomic E-state index is 0.184. The van der Waals surface area contributed by atoms with Gasteiger partial charge in [0.2, 0.25) is 0 Å². The highest BCUT2D eigenvalue weighted by molar-refractivity contribution is 6.42. The molecule has 0 spiro atoms. The number of nitrogen functional groups attached to an aromatic ring is 1. The molecule has 0 fully saturated rings. The molecule has 0 radical (unpaired) electrons. The van der Waals surface area contributed by atoms with Gasteiger partial charge in [-0.05, 0) is 29.8 Å². The number of amides is 1. The average molecular weight is 310 g/mol. The van der Waals surface area contributed by atoms with Crippen LogP contribution in [0.4, 0.5) is 5.69 Å². The summed E-state index contributed by atoms with van der Waals surface area (Å²) in [5.41, 5.74) is 7.31. The van der Waals surface area contributed by atoms with Gasteiger partial charge in [0.25, 0.3) is 5.91 Å². The number of nitrogens with two attached hydrogens (primary N) is 1. The molecule has 0 saturated heterocycles. The van der Waals surface area contributed by atoms with E-state index in [1.807, 2.05) is 6.07 Å². The summed E-state index contributed by atoms with van der Waals surface area (Å²) in [6.07, 6.45) is 1.46. The lowest BCUT2D eigenvalue weighted by Gasteiger charge is -2.17. The Kier molecular flexibility index (Phi) is 4.47. The molecule has 0 aliphatic carbocycles. The minimum Gasteiger partial charge on any atom is -0.397 e. The van der Waals surface area contributed by atoms with Crippen LogP contribution < -0.4 is 5.73 Å². The Balaban J connectivity index is 2.11. The van der Waals surface area contributed by atoms with E-state index in [1.54, 1.807) is 36.2 Å². The van der Waals surface area contributed by atoms with Crippen molar-refractivity contribution in [2.24, 2.45) is 0 Å². The topological polar surface area (TPSA) is 59.2 Å². The number of rotatable bonds is 3. The number of nitrogens with zero attached hydrogens (tertiary/aromatic N) is 2. The van der Waals surface area contributed by atoms with Crippen LogP contribution in [0.2, 0.25) is 10.0 Å². The fourth-order valence-corrected chi connectivity index (χ4v) is 2.03. The number of hydrogen-bond acceptors (Lipinski definition) is 3. The molecule has 0 aliphatic heterocycles. The first kappa shape index (κ1) is 14.6. The second kappa shape index (κ2) is 6.11. The summed E-state index contributed by atoms with van der Waals surface area (Å²) in [6.45, 7) is 0.418. The molecule has 0 aliphatic rings. The Morgan fingerprint density at radius 2 is 2.00 bits per heavy atom. The van der Waals surface area contributed by atoms with E-state index in [-0.39, 0.29) is 5.91 Å². The fraction of sp³-hybridized carbons (Fsp3) is 0.143. The number of hydrogen-bond donors (Lipinski definition) is 1. The van der Waals surface area contributed by atoms with Crippen LogP contribution >= 0.6 is 23.2 Å². The third-order valence-corrected chi connectivity index (χ3v) is 3.49. The third kappa shape index (κ3) is 3.40. The molecule has 1 aromatic carbocycles. The van der Waals surface area contributed by atoms with Gasteiger partial charge in [-0.1, -0.05) is 29.3 Å². The first-order valence-corrected chi connectivity index (χ1v) is 6.64. The van der Waals surface area contributed by atoms with Gasteiger partial charge in [0.1, 0.15) is 5.69 Å². The predicted octanol–water partition coefficient (Wildman–Crippen LogP) is 3.24.